The van der Waals surface area contributed by atoms with Crippen molar-refractivity contribution in [1.29, 1.82) is 0 Å². The van der Waals surface area contributed by atoms with Gasteiger partial charge in [0.15, 0.2) is 0 Å². The molecule has 0 atom stereocenters. The predicted molar refractivity (Wildman–Crippen MR) is 79.6 cm³/mol. The molecule has 0 spiro atoms. The Hall–Kier alpha value is -1.80. The van der Waals surface area contributed by atoms with E-state index in [1.165, 1.54) is 5.56 Å². The molecule has 2 nitrogen and oxygen atoms in total. The number of carbonyl (C=O) groups excluding carboxylic acids is 1. The molecule has 0 radical (unpaired) electrons. The van der Waals surface area contributed by atoms with Gasteiger partial charge < -0.3 is 5.32 Å². The Morgan fingerprint density at radius 1 is 1.11 bits per heavy atom. The molecule has 0 aliphatic rings. The summed E-state index contributed by atoms with van der Waals surface area (Å²) in [6, 6.07) is 15.4. The van der Waals surface area contributed by atoms with Crippen LogP contribution in [0.4, 0.5) is 5.69 Å². The second-order valence-corrected chi connectivity index (χ2v) is 4.91. The molecule has 98 valence electrons. The lowest BCUT2D eigenvalue weighted by Gasteiger charge is -2.06. The van der Waals surface area contributed by atoms with Crippen LogP contribution < -0.4 is 5.32 Å². The minimum Gasteiger partial charge on any atom is -0.326 e. The van der Waals surface area contributed by atoms with E-state index in [1.807, 2.05) is 55.5 Å². The molecular formula is C16H16ClNO. The molecule has 1 amide bonds. The highest BCUT2D eigenvalue weighted by molar-refractivity contribution is 6.31. The number of hydrogen-bond donors (Lipinski definition) is 1. The molecule has 2 rings (SSSR count). The van der Waals surface area contributed by atoms with E-state index in [9.17, 15) is 4.79 Å². The van der Waals surface area contributed by atoms with Gasteiger partial charge in [0.2, 0.25) is 5.91 Å². The Labute approximate surface area is 118 Å². The van der Waals surface area contributed by atoms with Gasteiger partial charge in [0.25, 0.3) is 0 Å². The van der Waals surface area contributed by atoms with Crippen LogP contribution in [0.5, 0.6) is 0 Å². The van der Waals surface area contributed by atoms with E-state index in [2.05, 4.69) is 5.32 Å². The van der Waals surface area contributed by atoms with E-state index < -0.39 is 0 Å². The fourth-order valence-electron chi connectivity index (χ4n) is 1.81. The van der Waals surface area contributed by atoms with Gasteiger partial charge in [-0.15, -0.1) is 0 Å². The van der Waals surface area contributed by atoms with Crippen molar-refractivity contribution in [2.45, 2.75) is 19.8 Å². The molecule has 0 unspecified atom stereocenters. The molecule has 0 saturated heterocycles. The number of halogens is 1. The molecule has 2 aromatic rings. The first-order valence-electron chi connectivity index (χ1n) is 6.25. The van der Waals surface area contributed by atoms with Crippen molar-refractivity contribution in [2.24, 2.45) is 0 Å². The van der Waals surface area contributed by atoms with Crippen molar-refractivity contribution in [2.75, 3.05) is 5.32 Å². The Kier molecular flexibility index (Phi) is 4.58. The minimum atomic E-state index is 0.00349. The number of carbonyl (C=O) groups is 1. The Morgan fingerprint density at radius 2 is 1.79 bits per heavy atom. The summed E-state index contributed by atoms with van der Waals surface area (Å²) in [5.41, 5.74) is 3.01. The van der Waals surface area contributed by atoms with Crippen LogP contribution in [0.2, 0.25) is 5.02 Å². The van der Waals surface area contributed by atoms with Crippen molar-refractivity contribution < 1.29 is 4.79 Å². The van der Waals surface area contributed by atoms with Crippen molar-refractivity contribution in [3.05, 3.63) is 64.7 Å². The maximum Gasteiger partial charge on any atom is 0.224 e. The van der Waals surface area contributed by atoms with Crippen molar-refractivity contribution >= 4 is 23.2 Å². The summed E-state index contributed by atoms with van der Waals surface area (Å²) in [4.78, 5) is 11.8. The second kappa shape index (κ2) is 6.39. The highest BCUT2D eigenvalue weighted by Gasteiger charge is 2.05. The van der Waals surface area contributed by atoms with E-state index >= 15 is 0 Å². The lowest BCUT2D eigenvalue weighted by molar-refractivity contribution is -0.116. The third-order valence-corrected chi connectivity index (χ3v) is 3.28. The molecule has 0 fully saturated rings. The molecule has 1 N–H and O–H groups in total. The molecule has 0 aliphatic carbocycles. The van der Waals surface area contributed by atoms with Crippen LogP contribution in [-0.2, 0) is 11.2 Å². The lowest BCUT2D eigenvalue weighted by Crippen LogP contribution is -2.12. The Bertz CT molecular complexity index is 563. The first-order chi connectivity index (χ1) is 9.15. The highest BCUT2D eigenvalue weighted by Crippen LogP contribution is 2.17. The van der Waals surface area contributed by atoms with Crippen LogP contribution in [0.1, 0.15) is 17.5 Å². The topological polar surface area (TPSA) is 29.1 Å². The summed E-state index contributed by atoms with van der Waals surface area (Å²) in [5, 5.41) is 3.59. The van der Waals surface area contributed by atoms with Crippen LogP contribution in [-0.4, -0.2) is 5.91 Å². The quantitative estimate of drug-likeness (QED) is 0.888. The van der Waals surface area contributed by atoms with Crippen LogP contribution in [0, 0.1) is 6.92 Å². The normalized spacial score (nSPS) is 10.2. The molecule has 0 saturated carbocycles. The number of rotatable bonds is 4. The zero-order valence-electron chi connectivity index (χ0n) is 10.8. The van der Waals surface area contributed by atoms with Crippen LogP contribution >= 0.6 is 11.6 Å². The van der Waals surface area contributed by atoms with Crippen molar-refractivity contribution in [3.8, 4) is 0 Å². The van der Waals surface area contributed by atoms with Crippen molar-refractivity contribution in [1.82, 2.24) is 0 Å². The highest BCUT2D eigenvalue weighted by atomic mass is 35.5. The van der Waals surface area contributed by atoms with Gasteiger partial charge in [0.1, 0.15) is 0 Å². The zero-order chi connectivity index (χ0) is 13.7. The molecule has 2 aromatic carbocycles. The molecule has 0 heterocycles. The number of aryl methyl sites for hydroxylation is 2. The number of benzene rings is 2. The lowest BCUT2D eigenvalue weighted by atomic mass is 10.1. The number of amides is 1. The van der Waals surface area contributed by atoms with Gasteiger partial charge >= 0.3 is 0 Å². The van der Waals surface area contributed by atoms with E-state index in [1.54, 1.807) is 0 Å². The SMILES string of the molecule is Cc1ccc(NC(=O)CCc2ccccc2Cl)cc1. The van der Waals surface area contributed by atoms with E-state index in [4.69, 9.17) is 11.6 Å². The first-order valence-corrected chi connectivity index (χ1v) is 6.63. The zero-order valence-corrected chi connectivity index (χ0v) is 11.6. The summed E-state index contributed by atoms with van der Waals surface area (Å²) in [5.74, 6) is 0.00349. The van der Waals surface area contributed by atoms with E-state index in [-0.39, 0.29) is 5.91 Å². The monoisotopic (exact) mass is 273 g/mol. The smallest absolute Gasteiger partial charge is 0.224 e. The Morgan fingerprint density at radius 3 is 2.47 bits per heavy atom. The predicted octanol–water partition coefficient (Wildman–Crippen LogP) is 4.22. The molecule has 0 aliphatic heterocycles. The summed E-state index contributed by atoms with van der Waals surface area (Å²) in [7, 11) is 0. The van der Waals surface area contributed by atoms with Gasteiger partial charge in [-0.1, -0.05) is 47.5 Å². The largest absolute Gasteiger partial charge is 0.326 e. The number of nitrogens with one attached hydrogen (secondary N) is 1. The average Bonchev–Trinajstić information content (AvgIpc) is 2.40. The van der Waals surface area contributed by atoms with Gasteiger partial charge in [-0.3, -0.25) is 4.79 Å². The van der Waals surface area contributed by atoms with Crippen LogP contribution in [0.3, 0.4) is 0 Å². The molecule has 19 heavy (non-hydrogen) atoms. The average molecular weight is 274 g/mol. The van der Waals surface area contributed by atoms with Crippen LogP contribution in [0.15, 0.2) is 48.5 Å². The van der Waals surface area contributed by atoms with Crippen molar-refractivity contribution in [3.63, 3.8) is 0 Å². The maximum atomic E-state index is 11.8. The van der Waals surface area contributed by atoms with Gasteiger partial charge in [0.05, 0.1) is 0 Å². The Balaban J connectivity index is 1.88. The fourth-order valence-corrected chi connectivity index (χ4v) is 2.04. The second-order valence-electron chi connectivity index (χ2n) is 4.51. The number of hydrogen-bond acceptors (Lipinski definition) is 1. The third-order valence-electron chi connectivity index (χ3n) is 2.91. The summed E-state index contributed by atoms with van der Waals surface area (Å²) >= 11 is 6.05. The van der Waals surface area contributed by atoms with Gasteiger partial charge in [-0.05, 0) is 37.1 Å². The van der Waals surface area contributed by atoms with Gasteiger partial charge in [-0.2, -0.15) is 0 Å². The van der Waals surface area contributed by atoms with E-state index in [0.717, 1.165) is 11.3 Å². The molecule has 0 aromatic heterocycles. The third kappa shape index (κ3) is 4.11. The standard InChI is InChI=1S/C16H16ClNO/c1-12-6-9-14(10-7-12)18-16(19)11-8-13-4-2-3-5-15(13)17/h2-7,9-10H,8,11H2,1H3,(H,18,19). The minimum absolute atomic E-state index is 0.00349. The summed E-state index contributed by atoms with van der Waals surface area (Å²) in [6.45, 7) is 2.02. The molecule has 0 bridgehead atoms. The summed E-state index contributed by atoms with van der Waals surface area (Å²) in [6.07, 6.45) is 1.08. The van der Waals surface area contributed by atoms with E-state index in [0.29, 0.717) is 17.9 Å². The summed E-state index contributed by atoms with van der Waals surface area (Å²) < 4.78 is 0. The van der Waals surface area contributed by atoms with Gasteiger partial charge in [-0.25, -0.2) is 0 Å². The first kappa shape index (κ1) is 13.6. The maximum absolute atomic E-state index is 11.8. The van der Waals surface area contributed by atoms with Crippen LogP contribution in [0.25, 0.3) is 0 Å². The number of anilines is 1. The molecular weight excluding hydrogens is 258 g/mol. The van der Waals surface area contributed by atoms with Gasteiger partial charge in [0, 0.05) is 17.1 Å². The fraction of sp³-hybridized carbons (Fsp3) is 0.188. The molecule has 3 heteroatoms.